The second-order valence-electron chi connectivity index (χ2n) is 6.19. The number of para-hydroxylation sites is 1. The minimum Gasteiger partial charge on any atom is -0.493 e. The summed E-state index contributed by atoms with van der Waals surface area (Å²) in [6, 6.07) is 16.1. The SMILES string of the molecule is O=C(CSc1ccc(F)cc1)N1CCC(COc2ccccc2)CC1. The van der Waals surface area contributed by atoms with E-state index < -0.39 is 0 Å². The highest BCUT2D eigenvalue weighted by Crippen LogP contribution is 2.22. The number of benzene rings is 2. The summed E-state index contributed by atoms with van der Waals surface area (Å²) in [5, 5.41) is 0. The first-order valence-corrected chi connectivity index (χ1v) is 9.53. The van der Waals surface area contributed by atoms with Gasteiger partial charge >= 0.3 is 0 Å². The number of piperidine rings is 1. The van der Waals surface area contributed by atoms with Gasteiger partial charge in [-0.25, -0.2) is 4.39 Å². The average Bonchev–Trinajstić information content (AvgIpc) is 2.67. The second-order valence-corrected chi connectivity index (χ2v) is 7.24. The highest BCUT2D eigenvalue weighted by Gasteiger charge is 2.23. The number of nitrogens with zero attached hydrogens (tertiary/aromatic N) is 1. The zero-order valence-corrected chi connectivity index (χ0v) is 14.9. The van der Waals surface area contributed by atoms with Gasteiger partial charge in [-0.1, -0.05) is 18.2 Å². The van der Waals surface area contributed by atoms with Gasteiger partial charge in [0.2, 0.25) is 5.91 Å². The van der Waals surface area contributed by atoms with Crippen LogP contribution >= 0.6 is 11.8 Å². The molecule has 1 heterocycles. The predicted octanol–water partition coefficient (Wildman–Crippen LogP) is 4.24. The summed E-state index contributed by atoms with van der Waals surface area (Å²) in [5.41, 5.74) is 0. The summed E-state index contributed by atoms with van der Waals surface area (Å²) < 4.78 is 18.7. The number of hydrogen-bond acceptors (Lipinski definition) is 3. The van der Waals surface area contributed by atoms with Crippen molar-refractivity contribution in [3.63, 3.8) is 0 Å². The van der Waals surface area contributed by atoms with E-state index in [0.717, 1.165) is 36.6 Å². The van der Waals surface area contributed by atoms with Gasteiger partial charge in [-0.15, -0.1) is 11.8 Å². The van der Waals surface area contributed by atoms with Crippen molar-refractivity contribution in [1.29, 1.82) is 0 Å². The molecule has 1 saturated heterocycles. The lowest BCUT2D eigenvalue weighted by molar-refractivity contribution is -0.129. The molecule has 0 atom stereocenters. The van der Waals surface area contributed by atoms with Crippen LogP contribution in [-0.2, 0) is 4.79 Å². The molecule has 0 aromatic heterocycles. The molecule has 132 valence electrons. The maximum absolute atomic E-state index is 12.9. The zero-order chi connectivity index (χ0) is 17.5. The maximum Gasteiger partial charge on any atom is 0.232 e. The van der Waals surface area contributed by atoms with Crippen LogP contribution in [0.5, 0.6) is 5.75 Å². The third kappa shape index (κ3) is 5.49. The lowest BCUT2D eigenvalue weighted by atomic mass is 9.98. The van der Waals surface area contributed by atoms with Crippen LogP contribution in [0.1, 0.15) is 12.8 Å². The molecule has 0 N–H and O–H groups in total. The fourth-order valence-corrected chi connectivity index (χ4v) is 3.65. The van der Waals surface area contributed by atoms with E-state index in [4.69, 9.17) is 4.74 Å². The summed E-state index contributed by atoms with van der Waals surface area (Å²) in [6.45, 7) is 2.27. The van der Waals surface area contributed by atoms with Crippen molar-refractivity contribution in [2.75, 3.05) is 25.4 Å². The predicted molar refractivity (Wildman–Crippen MR) is 98.4 cm³/mol. The lowest BCUT2D eigenvalue weighted by Gasteiger charge is -2.31. The molecule has 2 aromatic rings. The third-order valence-corrected chi connectivity index (χ3v) is 5.37. The van der Waals surface area contributed by atoms with E-state index >= 15 is 0 Å². The normalized spacial score (nSPS) is 15.2. The van der Waals surface area contributed by atoms with Crippen molar-refractivity contribution in [2.24, 2.45) is 5.92 Å². The van der Waals surface area contributed by atoms with Gasteiger partial charge < -0.3 is 9.64 Å². The number of carbonyl (C=O) groups excluding carboxylic acids is 1. The number of amides is 1. The molecule has 0 spiro atoms. The van der Waals surface area contributed by atoms with Crippen molar-refractivity contribution in [2.45, 2.75) is 17.7 Å². The molecule has 1 aliphatic rings. The van der Waals surface area contributed by atoms with Crippen molar-refractivity contribution in [1.82, 2.24) is 4.90 Å². The Labute approximate surface area is 152 Å². The number of carbonyl (C=O) groups is 1. The smallest absolute Gasteiger partial charge is 0.232 e. The summed E-state index contributed by atoms with van der Waals surface area (Å²) in [5.74, 6) is 1.69. The van der Waals surface area contributed by atoms with Gasteiger partial charge in [-0.3, -0.25) is 4.79 Å². The molecule has 0 radical (unpaired) electrons. The van der Waals surface area contributed by atoms with Crippen LogP contribution in [0.15, 0.2) is 59.5 Å². The summed E-state index contributed by atoms with van der Waals surface area (Å²) in [7, 11) is 0. The largest absolute Gasteiger partial charge is 0.493 e. The Balaban J connectivity index is 1.38. The van der Waals surface area contributed by atoms with Crippen LogP contribution in [0.2, 0.25) is 0 Å². The van der Waals surface area contributed by atoms with E-state index in [1.165, 1.54) is 23.9 Å². The Kier molecular flexibility index (Phi) is 6.34. The van der Waals surface area contributed by atoms with Crippen LogP contribution < -0.4 is 4.74 Å². The molecule has 0 aliphatic carbocycles. The molecule has 1 amide bonds. The zero-order valence-electron chi connectivity index (χ0n) is 14.1. The molecule has 3 rings (SSSR count). The van der Waals surface area contributed by atoms with Crippen LogP contribution in [-0.4, -0.2) is 36.3 Å². The number of thioether (sulfide) groups is 1. The van der Waals surface area contributed by atoms with Gasteiger partial charge in [0.25, 0.3) is 0 Å². The van der Waals surface area contributed by atoms with Gasteiger partial charge in [0, 0.05) is 18.0 Å². The maximum atomic E-state index is 12.9. The fourth-order valence-electron chi connectivity index (χ4n) is 2.85. The molecule has 0 unspecified atom stereocenters. The molecule has 3 nitrogen and oxygen atoms in total. The minimum absolute atomic E-state index is 0.150. The first-order valence-electron chi connectivity index (χ1n) is 8.55. The quantitative estimate of drug-likeness (QED) is 0.723. The van der Waals surface area contributed by atoms with E-state index in [0.29, 0.717) is 18.3 Å². The Morgan fingerprint density at radius 2 is 1.76 bits per heavy atom. The topological polar surface area (TPSA) is 29.5 Å². The summed E-state index contributed by atoms with van der Waals surface area (Å²) in [6.07, 6.45) is 1.94. The van der Waals surface area contributed by atoms with E-state index in [9.17, 15) is 9.18 Å². The number of ether oxygens (including phenoxy) is 1. The Bertz CT molecular complexity index is 670. The van der Waals surface area contributed by atoms with Gasteiger partial charge in [-0.05, 0) is 55.2 Å². The van der Waals surface area contributed by atoms with Crippen molar-refractivity contribution >= 4 is 17.7 Å². The summed E-state index contributed by atoms with van der Waals surface area (Å²) in [4.78, 5) is 15.2. The molecule has 25 heavy (non-hydrogen) atoms. The van der Waals surface area contributed by atoms with Crippen LogP contribution in [0.25, 0.3) is 0 Å². The lowest BCUT2D eigenvalue weighted by Crippen LogP contribution is -2.40. The number of likely N-dealkylation sites (tertiary alicyclic amines) is 1. The van der Waals surface area contributed by atoms with E-state index in [-0.39, 0.29) is 11.7 Å². The molecule has 2 aromatic carbocycles. The number of hydrogen-bond donors (Lipinski definition) is 0. The van der Waals surface area contributed by atoms with E-state index in [1.54, 1.807) is 12.1 Å². The molecular formula is C20H22FNO2S. The minimum atomic E-state index is -0.254. The Hall–Kier alpha value is -2.01. The van der Waals surface area contributed by atoms with Gasteiger partial charge in [0.15, 0.2) is 0 Å². The van der Waals surface area contributed by atoms with Crippen LogP contribution in [0, 0.1) is 11.7 Å². The highest BCUT2D eigenvalue weighted by molar-refractivity contribution is 8.00. The van der Waals surface area contributed by atoms with Gasteiger partial charge in [-0.2, -0.15) is 0 Å². The average molecular weight is 359 g/mol. The van der Waals surface area contributed by atoms with Crippen LogP contribution in [0.4, 0.5) is 4.39 Å². The van der Waals surface area contributed by atoms with Gasteiger partial charge in [0.1, 0.15) is 11.6 Å². The van der Waals surface area contributed by atoms with Crippen molar-refractivity contribution in [3.8, 4) is 5.75 Å². The Morgan fingerprint density at radius 1 is 1.08 bits per heavy atom. The second kappa shape index (κ2) is 8.90. The first-order chi connectivity index (χ1) is 12.2. The first kappa shape index (κ1) is 17.8. The monoisotopic (exact) mass is 359 g/mol. The third-order valence-electron chi connectivity index (χ3n) is 4.37. The van der Waals surface area contributed by atoms with Crippen LogP contribution in [0.3, 0.4) is 0 Å². The number of halogens is 1. The van der Waals surface area contributed by atoms with Crippen molar-refractivity contribution < 1.29 is 13.9 Å². The molecule has 0 saturated carbocycles. The molecule has 0 bridgehead atoms. The molecule has 5 heteroatoms. The molecular weight excluding hydrogens is 337 g/mol. The molecule has 1 fully saturated rings. The van der Waals surface area contributed by atoms with E-state index in [2.05, 4.69) is 0 Å². The van der Waals surface area contributed by atoms with Crippen molar-refractivity contribution in [3.05, 3.63) is 60.4 Å². The Morgan fingerprint density at radius 3 is 2.44 bits per heavy atom. The number of rotatable bonds is 6. The van der Waals surface area contributed by atoms with E-state index in [1.807, 2.05) is 35.2 Å². The fraction of sp³-hybridized carbons (Fsp3) is 0.350. The van der Waals surface area contributed by atoms with Gasteiger partial charge in [0.05, 0.1) is 12.4 Å². The standard InChI is InChI=1S/C20H22FNO2S/c21-17-6-8-19(9-7-17)25-15-20(23)22-12-10-16(11-13-22)14-24-18-4-2-1-3-5-18/h1-9,16H,10-15H2. The summed E-state index contributed by atoms with van der Waals surface area (Å²) >= 11 is 1.46. The highest BCUT2D eigenvalue weighted by atomic mass is 32.2. The molecule has 1 aliphatic heterocycles.